The van der Waals surface area contributed by atoms with Crippen LogP contribution in [0.5, 0.6) is 0 Å². The standard InChI is InChI=1S/C12H20N2O4S/c1-9-13-8-10(11(15)18-5)14(9)6-7-19(16,17)12(2,3)4/h8H,6-7H2,1-5H3. The highest BCUT2D eigenvalue weighted by atomic mass is 32.2. The predicted molar refractivity (Wildman–Crippen MR) is 71.8 cm³/mol. The summed E-state index contributed by atoms with van der Waals surface area (Å²) in [6.45, 7) is 6.88. The van der Waals surface area contributed by atoms with E-state index in [-0.39, 0.29) is 18.0 Å². The molecule has 0 N–H and O–H groups in total. The van der Waals surface area contributed by atoms with Crippen molar-refractivity contribution in [1.82, 2.24) is 9.55 Å². The second kappa shape index (κ2) is 5.32. The molecule has 6 nitrogen and oxygen atoms in total. The number of aromatic nitrogens is 2. The van der Waals surface area contributed by atoms with Crippen molar-refractivity contribution in [2.75, 3.05) is 12.9 Å². The van der Waals surface area contributed by atoms with Crippen molar-refractivity contribution >= 4 is 15.8 Å². The highest BCUT2D eigenvalue weighted by Gasteiger charge is 2.29. The lowest BCUT2D eigenvalue weighted by molar-refractivity contribution is 0.0588. The summed E-state index contributed by atoms with van der Waals surface area (Å²) in [6, 6.07) is 0. The molecule has 0 saturated heterocycles. The summed E-state index contributed by atoms with van der Waals surface area (Å²) in [6.07, 6.45) is 1.39. The molecule has 0 fully saturated rings. The fraction of sp³-hybridized carbons (Fsp3) is 0.667. The van der Waals surface area contributed by atoms with Crippen molar-refractivity contribution in [2.24, 2.45) is 0 Å². The van der Waals surface area contributed by atoms with Gasteiger partial charge in [0.2, 0.25) is 0 Å². The maximum Gasteiger partial charge on any atom is 0.356 e. The van der Waals surface area contributed by atoms with Crippen molar-refractivity contribution in [3.05, 3.63) is 17.7 Å². The van der Waals surface area contributed by atoms with Crippen LogP contribution in [0.1, 0.15) is 37.1 Å². The van der Waals surface area contributed by atoms with Gasteiger partial charge in [0.1, 0.15) is 11.5 Å². The Hall–Kier alpha value is -1.37. The zero-order valence-corrected chi connectivity index (χ0v) is 12.7. The van der Waals surface area contributed by atoms with E-state index < -0.39 is 20.6 Å². The van der Waals surface area contributed by atoms with Gasteiger partial charge >= 0.3 is 5.97 Å². The Labute approximate surface area is 113 Å². The molecule has 0 unspecified atom stereocenters. The molecular formula is C12H20N2O4S. The SMILES string of the molecule is COC(=O)c1cnc(C)n1CCS(=O)(=O)C(C)(C)C. The van der Waals surface area contributed by atoms with Gasteiger partial charge in [-0.3, -0.25) is 0 Å². The zero-order chi connectivity index (χ0) is 14.8. The smallest absolute Gasteiger partial charge is 0.356 e. The van der Waals surface area contributed by atoms with Gasteiger partial charge in [0.25, 0.3) is 0 Å². The van der Waals surface area contributed by atoms with Crippen LogP contribution in [0, 0.1) is 6.92 Å². The topological polar surface area (TPSA) is 78.3 Å². The summed E-state index contributed by atoms with van der Waals surface area (Å²) >= 11 is 0. The summed E-state index contributed by atoms with van der Waals surface area (Å²) in [5.41, 5.74) is 0.268. The van der Waals surface area contributed by atoms with Crippen LogP contribution in [0.25, 0.3) is 0 Å². The van der Waals surface area contributed by atoms with Crippen molar-refractivity contribution in [2.45, 2.75) is 39.0 Å². The lowest BCUT2D eigenvalue weighted by atomic mass is 10.3. The Morgan fingerprint density at radius 1 is 1.42 bits per heavy atom. The van der Waals surface area contributed by atoms with E-state index >= 15 is 0 Å². The van der Waals surface area contributed by atoms with E-state index in [0.29, 0.717) is 5.82 Å². The Bertz CT molecular complexity index is 567. The molecule has 0 aromatic carbocycles. The van der Waals surface area contributed by atoms with Gasteiger partial charge in [-0.2, -0.15) is 0 Å². The zero-order valence-electron chi connectivity index (χ0n) is 11.9. The average molecular weight is 288 g/mol. The van der Waals surface area contributed by atoms with Crippen LogP contribution in [0.15, 0.2) is 6.20 Å². The van der Waals surface area contributed by atoms with E-state index in [9.17, 15) is 13.2 Å². The summed E-state index contributed by atoms with van der Waals surface area (Å²) < 4.78 is 29.5. The van der Waals surface area contributed by atoms with E-state index in [0.717, 1.165) is 0 Å². The summed E-state index contributed by atoms with van der Waals surface area (Å²) in [7, 11) is -1.96. The highest BCUT2D eigenvalue weighted by molar-refractivity contribution is 7.92. The van der Waals surface area contributed by atoms with Crippen LogP contribution in [-0.2, 0) is 21.1 Å². The first-order valence-electron chi connectivity index (χ1n) is 5.93. The van der Waals surface area contributed by atoms with E-state index in [1.165, 1.54) is 13.3 Å². The highest BCUT2D eigenvalue weighted by Crippen LogP contribution is 2.17. The minimum atomic E-state index is -3.24. The monoisotopic (exact) mass is 288 g/mol. The first-order chi connectivity index (χ1) is 8.60. The van der Waals surface area contributed by atoms with Gasteiger partial charge in [0.15, 0.2) is 9.84 Å². The van der Waals surface area contributed by atoms with E-state index in [1.54, 1.807) is 32.3 Å². The van der Waals surface area contributed by atoms with Gasteiger partial charge in [-0.1, -0.05) is 0 Å². The molecule has 0 aliphatic carbocycles. The fourth-order valence-corrected chi connectivity index (χ4v) is 2.57. The third-order valence-electron chi connectivity index (χ3n) is 2.97. The number of rotatable bonds is 4. The number of methoxy groups -OCH3 is 1. The molecule has 0 bridgehead atoms. The minimum absolute atomic E-state index is 0.0440. The number of hydrogen-bond donors (Lipinski definition) is 0. The minimum Gasteiger partial charge on any atom is -0.464 e. The average Bonchev–Trinajstić information content (AvgIpc) is 2.65. The van der Waals surface area contributed by atoms with Crippen molar-refractivity contribution in [3.8, 4) is 0 Å². The number of carbonyl (C=O) groups is 1. The lowest BCUT2D eigenvalue weighted by Crippen LogP contribution is -2.32. The molecule has 1 aromatic rings. The molecule has 0 aliphatic rings. The number of nitrogens with zero attached hydrogens (tertiary/aromatic N) is 2. The molecule has 1 heterocycles. The van der Waals surface area contributed by atoms with Gasteiger partial charge in [-0.15, -0.1) is 0 Å². The molecule has 0 saturated carbocycles. The van der Waals surface area contributed by atoms with Gasteiger partial charge in [0, 0.05) is 6.54 Å². The molecule has 0 amide bonds. The second-order valence-corrected chi connectivity index (χ2v) is 8.13. The molecule has 1 aromatic heterocycles. The van der Waals surface area contributed by atoms with Crippen molar-refractivity contribution in [1.29, 1.82) is 0 Å². The fourth-order valence-electron chi connectivity index (χ4n) is 1.54. The first kappa shape index (κ1) is 15.7. The molecule has 1 rings (SSSR count). The molecule has 0 spiro atoms. The molecular weight excluding hydrogens is 268 g/mol. The van der Waals surface area contributed by atoms with E-state index in [1.807, 2.05) is 0 Å². The molecule has 19 heavy (non-hydrogen) atoms. The van der Waals surface area contributed by atoms with Crippen molar-refractivity contribution in [3.63, 3.8) is 0 Å². The Morgan fingerprint density at radius 3 is 2.47 bits per heavy atom. The van der Waals surface area contributed by atoms with Crippen LogP contribution >= 0.6 is 0 Å². The van der Waals surface area contributed by atoms with E-state index in [4.69, 9.17) is 0 Å². The molecule has 0 atom stereocenters. The molecule has 108 valence electrons. The number of esters is 1. The summed E-state index contributed by atoms with van der Waals surface area (Å²) in [5, 5.41) is 0. The molecule has 0 radical (unpaired) electrons. The second-order valence-electron chi connectivity index (χ2n) is 5.27. The number of aryl methyl sites for hydroxylation is 1. The third kappa shape index (κ3) is 3.34. The normalized spacial score (nSPS) is 12.5. The number of ether oxygens (including phenoxy) is 1. The molecule has 7 heteroatoms. The molecule has 0 aliphatic heterocycles. The van der Waals surface area contributed by atoms with Crippen molar-refractivity contribution < 1.29 is 17.9 Å². The van der Waals surface area contributed by atoms with Crippen LogP contribution in [0.4, 0.5) is 0 Å². The maximum absolute atomic E-state index is 12.1. The maximum atomic E-state index is 12.1. The van der Waals surface area contributed by atoms with Gasteiger partial charge in [-0.25, -0.2) is 18.2 Å². The van der Waals surface area contributed by atoms with E-state index in [2.05, 4.69) is 9.72 Å². The summed E-state index contributed by atoms with van der Waals surface area (Å²) in [5.74, 6) is 0.0239. The van der Waals surface area contributed by atoms with Crippen LogP contribution in [-0.4, -0.2) is 41.5 Å². The largest absolute Gasteiger partial charge is 0.464 e. The first-order valence-corrected chi connectivity index (χ1v) is 7.58. The Balaban J connectivity index is 2.96. The quantitative estimate of drug-likeness (QED) is 0.778. The number of imidazole rings is 1. The van der Waals surface area contributed by atoms with Gasteiger partial charge < -0.3 is 9.30 Å². The van der Waals surface area contributed by atoms with Gasteiger partial charge in [0.05, 0.1) is 23.8 Å². The van der Waals surface area contributed by atoms with Gasteiger partial charge in [-0.05, 0) is 27.7 Å². The van der Waals surface area contributed by atoms with Crippen LogP contribution in [0.3, 0.4) is 0 Å². The van der Waals surface area contributed by atoms with Crippen LogP contribution in [0.2, 0.25) is 0 Å². The number of hydrogen-bond acceptors (Lipinski definition) is 5. The third-order valence-corrected chi connectivity index (χ3v) is 5.55. The summed E-state index contributed by atoms with van der Waals surface area (Å²) in [4.78, 5) is 15.6. The Kier molecular flexibility index (Phi) is 4.39. The number of sulfone groups is 1. The predicted octanol–water partition coefficient (Wildman–Crippen LogP) is 1.19. The van der Waals surface area contributed by atoms with Crippen LogP contribution < -0.4 is 0 Å². The Morgan fingerprint density at radius 2 is 2.00 bits per heavy atom. The number of carbonyl (C=O) groups excluding carboxylic acids is 1. The lowest BCUT2D eigenvalue weighted by Gasteiger charge is -2.19.